The number of likely N-dealkylation sites (N-methyl/N-ethyl adjacent to an activating group) is 1. The molecule has 0 aromatic heterocycles. The average Bonchev–Trinajstić information content (AvgIpc) is 3.34. The molecular formula is C62H111NO8. The van der Waals surface area contributed by atoms with Crippen LogP contribution in [0.1, 0.15) is 258 Å². The summed E-state index contributed by atoms with van der Waals surface area (Å²) < 4.78 is 22.7. The Morgan fingerprint density at radius 1 is 0.437 bits per heavy atom. The molecule has 0 amide bonds. The summed E-state index contributed by atoms with van der Waals surface area (Å²) in [6.45, 7) is 4.64. The molecule has 0 saturated carbocycles. The predicted molar refractivity (Wildman–Crippen MR) is 297 cm³/mol. The third-order valence-corrected chi connectivity index (χ3v) is 12.7. The Morgan fingerprint density at radius 2 is 0.803 bits per heavy atom. The summed E-state index contributed by atoms with van der Waals surface area (Å²) >= 11 is 0. The Morgan fingerprint density at radius 3 is 1.21 bits per heavy atom. The first-order chi connectivity index (χ1) is 34.6. The van der Waals surface area contributed by atoms with Crippen molar-refractivity contribution in [3.8, 4) is 0 Å². The molecule has 0 aromatic carbocycles. The molecule has 0 bridgehead atoms. The lowest BCUT2D eigenvalue weighted by Crippen LogP contribution is -2.44. The Bertz CT molecular complexity index is 1350. The highest BCUT2D eigenvalue weighted by atomic mass is 16.7. The van der Waals surface area contributed by atoms with Gasteiger partial charge in [0.25, 0.3) is 0 Å². The lowest BCUT2D eigenvalue weighted by atomic mass is 10.0. The highest BCUT2D eigenvalue weighted by Crippen LogP contribution is 2.16. The standard InChI is InChI=1S/C62H111NO8/c1-6-8-10-12-14-16-18-20-22-23-24-25-26-27-28-29-30-31-32-33-34-35-36-37-39-41-43-45-47-49-51-53-60(65)71-58(57-70-62(61(66)67)68-55-54-63(3,4)5)56-69-59(64)52-50-48-46-44-42-40-38-21-19-17-15-13-11-9-7-2/h8,10,14,16,20-22,24-25,38,58,62H,6-7,9,11-13,15,17-19,23,26-37,39-57H2,1-5H3/b10-8-,16-14-,22-20-,25-24-,38-21-. The van der Waals surface area contributed by atoms with Crippen molar-refractivity contribution >= 4 is 17.9 Å². The van der Waals surface area contributed by atoms with Crippen LogP contribution in [0, 0.1) is 0 Å². The van der Waals surface area contributed by atoms with E-state index in [0.29, 0.717) is 17.4 Å². The number of hydrogen-bond acceptors (Lipinski definition) is 8. The zero-order chi connectivity index (χ0) is 52.0. The highest BCUT2D eigenvalue weighted by molar-refractivity contribution is 5.70. The summed E-state index contributed by atoms with van der Waals surface area (Å²) in [6.07, 6.45) is 64.2. The molecule has 0 aromatic rings. The third-order valence-electron chi connectivity index (χ3n) is 12.7. The van der Waals surface area contributed by atoms with Crippen LogP contribution in [0.25, 0.3) is 0 Å². The van der Waals surface area contributed by atoms with E-state index in [9.17, 15) is 19.5 Å². The second-order valence-electron chi connectivity index (χ2n) is 20.9. The Kier molecular flexibility index (Phi) is 51.0. The number of unbranched alkanes of at least 4 members (excludes halogenated alkanes) is 29. The molecule has 0 spiro atoms. The van der Waals surface area contributed by atoms with Gasteiger partial charge in [-0.15, -0.1) is 0 Å². The number of quaternary nitrogens is 1. The first kappa shape index (κ1) is 68.0. The van der Waals surface area contributed by atoms with Gasteiger partial charge in [-0.05, 0) is 77.0 Å². The molecule has 2 atom stereocenters. The van der Waals surface area contributed by atoms with Crippen molar-refractivity contribution in [2.45, 2.75) is 270 Å². The van der Waals surface area contributed by atoms with Crippen LogP contribution in [0.4, 0.5) is 0 Å². The lowest BCUT2D eigenvalue weighted by Gasteiger charge is -2.26. The predicted octanol–water partition coefficient (Wildman–Crippen LogP) is 15.9. The fourth-order valence-corrected chi connectivity index (χ4v) is 8.23. The monoisotopic (exact) mass is 998 g/mol. The van der Waals surface area contributed by atoms with Crippen LogP contribution in [0.15, 0.2) is 60.8 Å². The summed E-state index contributed by atoms with van der Waals surface area (Å²) in [7, 11) is 5.92. The minimum Gasteiger partial charge on any atom is -0.545 e. The van der Waals surface area contributed by atoms with Gasteiger partial charge in [0.2, 0.25) is 0 Å². The van der Waals surface area contributed by atoms with E-state index in [1.54, 1.807) is 0 Å². The van der Waals surface area contributed by atoms with Crippen LogP contribution in [-0.4, -0.2) is 82.3 Å². The minimum atomic E-state index is -1.62. The number of carbonyl (C=O) groups excluding carboxylic acids is 3. The Balaban J connectivity index is 4.13. The summed E-state index contributed by atoms with van der Waals surface area (Å²) in [6, 6.07) is 0. The van der Waals surface area contributed by atoms with Gasteiger partial charge in [0, 0.05) is 12.8 Å². The van der Waals surface area contributed by atoms with E-state index in [1.807, 2.05) is 21.1 Å². The van der Waals surface area contributed by atoms with Crippen molar-refractivity contribution in [3.05, 3.63) is 60.8 Å². The summed E-state index contributed by atoms with van der Waals surface area (Å²) in [5.74, 6) is -2.28. The number of hydrogen-bond donors (Lipinski definition) is 0. The fourth-order valence-electron chi connectivity index (χ4n) is 8.23. The van der Waals surface area contributed by atoms with Gasteiger partial charge >= 0.3 is 11.9 Å². The van der Waals surface area contributed by atoms with Crippen molar-refractivity contribution in [1.82, 2.24) is 0 Å². The number of carbonyl (C=O) groups is 3. The van der Waals surface area contributed by atoms with E-state index in [0.717, 1.165) is 77.0 Å². The molecule has 0 aliphatic carbocycles. The van der Waals surface area contributed by atoms with Gasteiger partial charge in [-0.25, -0.2) is 0 Å². The zero-order valence-electron chi connectivity index (χ0n) is 46.8. The first-order valence-electron chi connectivity index (χ1n) is 29.4. The molecule has 71 heavy (non-hydrogen) atoms. The topological polar surface area (TPSA) is 111 Å². The van der Waals surface area contributed by atoms with Gasteiger partial charge in [0.15, 0.2) is 12.4 Å². The number of esters is 2. The molecule has 0 rings (SSSR count). The van der Waals surface area contributed by atoms with E-state index >= 15 is 0 Å². The van der Waals surface area contributed by atoms with E-state index in [2.05, 4.69) is 74.6 Å². The quantitative estimate of drug-likeness (QED) is 0.0195. The number of aliphatic carboxylic acids is 1. The molecule has 9 nitrogen and oxygen atoms in total. The zero-order valence-corrected chi connectivity index (χ0v) is 46.8. The van der Waals surface area contributed by atoms with E-state index in [-0.39, 0.29) is 38.6 Å². The average molecular weight is 999 g/mol. The second kappa shape index (κ2) is 53.3. The third kappa shape index (κ3) is 54.6. The summed E-state index contributed by atoms with van der Waals surface area (Å²) in [4.78, 5) is 37.2. The van der Waals surface area contributed by atoms with E-state index in [4.69, 9.17) is 18.9 Å². The number of rotatable bonds is 54. The maximum atomic E-state index is 12.9. The maximum absolute atomic E-state index is 12.9. The van der Waals surface area contributed by atoms with Gasteiger partial charge in [-0.3, -0.25) is 9.59 Å². The van der Waals surface area contributed by atoms with Gasteiger partial charge in [0.05, 0.1) is 40.3 Å². The first-order valence-corrected chi connectivity index (χ1v) is 29.4. The van der Waals surface area contributed by atoms with E-state index in [1.165, 1.54) is 148 Å². The number of allylic oxidation sites excluding steroid dienone is 10. The van der Waals surface area contributed by atoms with Gasteiger partial charge in [-0.1, -0.05) is 229 Å². The van der Waals surface area contributed by atoms with Crippen LogP contribution < -0.4 is 5.11 Å². The minimum absolute atomic E-state index is 0.146. The highest BCUT2D eigenvalue weighted by Gasteiger charge is 2.22. The second-order valence-corrected chi connectivity index (χ2v) is 20.9. The molecule has 9 heteroatoms. The SMILES string of the molecule is CC/C=C\C/C=C\C/C=C\C/C=C\CCCCCCCCCCCCCCCCCCCCC(=O)OC(COC(=O)CCCCCCC/C=C\CCCCCCCC)COC(OCC[N+](C)(C)C)C(=O)[O-]. The van der Waals surface area contributed by atoms with Crippen molar-refractivity contribution in [2.24, 2.45) is 0 Å². The number of carboxylic acids is 1. The van der Waals surface area contributed by atoms with Crippen molar-refractivity contribution in [3.63, 3.8) is 0 Å². The molecule has 0 aliphatic rings. The van der Waals surface area contributed by atoms with Gasteiger partial charge in [-0.2, -0.15) is 0 Å². The maximum Gasteiger partial charge on any atom is 0.306 e. The van der Waals surface area contributed by atoms with Crippen molar-refractivity contribution < 1.29 is 42.9 Å². The number of nitrogens with zero attached hydrogens (tertiary/aromatic N) is 1. The smallest absolute Gasteiger partial charge is 0.306 e. The van der Waals surface area contributed by atoms with Crippen LogP contribution in [0.5, 0.6) is 0 Å². The molecule has 0 saturated heterocycles. The fraction of sp³-hybridized carbons (Fsp3) is 0.790. The molecule has 0 heterocycles. The molecule has 0 N–H and O–H groups in total. The number of ether oxygens (including phenoxy) is 4. The Labute approximate surface area is 437 Å². The van der Waals surface area contributed by atoms with E-state index < -0.39 is 24.3 Å². The van der Waals surface area contributed by atoms with Gasteiger partial charge < -0.3 is 33.3 Å². The van der Waals surface area contributed by atoms with Crippen LogP contribution >= 0.6 is 0 Å². The Hall–Kier alpha value is -3.01. The number of carboxylic acid groups (broad SMARTS) is 1. The normalized spacial score (nSPS) is 13.2. The van der Waals surface area contributed by atoms with Gasteiger partial charge in [0.1, 0.15) is 13.2 Å². The molecule has 0 aliphatic heterocycles. The molecule has 0 fully saturated rings. The van der Waals surface area contributed by atoms with Crippen molar-refractivity contribution in [1.29, 1.82) is 0 Å². The molecule has 412 valence electrons. The largest absolute Gasteiger partial charge is 0.545 e. The van der Waals surface area contributed by atoms with Crippen molar-refractivity contribution in [2.75, 3.05) is 47.5 Å². The molecular weight excluding hydrogens is 887 g/mol. The van der Waals surface area contributed by atoms with Crippen LogP contribution in [-0.2, 0) is 33.3 Å². The molecule has 0 radical (unpaired) electrons. The lowest BCUT2D eigenvalue weighted by molar-refractivity contribution is -0.870. The summed E-state index contributed by atoms with van der Waals surface area (Å²) in [5, 5.41) is 11.8. The summed E-state index contributed by atoms with van der Waals surface area (Å²) in [5.41, 5.74) is 0. The van der Waals surface area contributed by atoms with Crippen LogP contribution in [0.3, 0.4) is 0 Å². The van der Waals surface area contributed by atoms with Crippen LogP contribution in [0.2, 0.25) is 0 Å². The molecule has 2 unspecified atom stereocenters.